The van der Waals surface area contributed by atoms with E-state index in [9.17, 15) is 0 Å². The zero-order chi connectivity index (χ0) is 17.5. The summed E-state index contributed by atoms with van der Waals surface area (Å²) in [6.45, 7) is 8.88. The van der Waals surface area contributed by atoms with Crippen molar-refractivity contribution in [2.45, 2.75) is 25.4 Å². The lowest BCUT2D eigenvalue weighted by atomic mass is 10.0. The molecule has 2 fully saturated rings. The zero-order valence-corrected chi connectivity index (χ0v) is 15.8. The smallest absolute Gasteiger partial charge is 0.119 e. The Morgan fingerprint density at radius 2 is 1.84 bits per heavy atom. The number of benzene rings is 1. The highest BCUT2D eigenvalue weighted by Gasteiger charge is 2.21. The number of hydrogen-bond donors (Lipinski definition) is 0. The van der Waals surface area contributed by atoms with Crippen LogP contribution in [0.5, 0.6) is 5.75 Å². The second kappa shape index (κ2) is 9.53. The van der Waals surface area contributed by atoms with Crippen molar-refractivity contribution >= 4 is 0 Å². The van der Waals surface area contributed by atoms with Gasteiger partial charge in [0, 0.05) is 38.8 Å². The predicted octanol–water partition coefficient (Wildman–Crippen LogP) is 1.92. The maximum Gasteiger partial charge on any atom is 0.119 e. The lowest BCUT2D eigenvalue weighted by Crippen LogP contribution is -2.44. The molecule has 0 radical (unpaired) electrons. The molecule has 2 saturated heterocycles. The summed E-state index contributed by atoms with van der Waals surface area (Å²) in [6, 6.07) is 9.34. The van der Waals surface area contributed by atoms with Gasteiger partial charge in [-0.1, -0.05) is 12.1 Å². The molecular weight excluding hydrogens is 314 g/mol. The Hall–Kier alpha value is -1.14. The van der Waals surface area contributed by atoms with E-state index in [1.54, 1.807) is 0 Å². The van der Waals surface area contributed by atoms with Crippen molar-refractivity contribution in [3.63, 3.8) is 0 Å². The van der Waals surface area contributed by atoms with Gasteiger partial charge in [0.25, 0.3) is 0 Å². The van der Waals surface area contributed by atoms with Gasteiger partial charge in [-0.15, -0.1) is 0 Å². The van der Waals surface area contributed by atoms with Gasteiger partial charge < -0.3 is 14.4 Å². The summed E-state index contributed by atoms with van der Waals surface area (Å²) >= 11 is 0. The van der Waals surface area contributed by atoms with Crippen LogP contribution in [0.1, 0.15) is 18.4 Å². The summed E-state index contributed by atoms with van der Waals surface area (Å²) in [5, 5.41) is 0. The first-order valence-corrected chi connectivity index (χ1v) is 9.61. The van der Waals surface area contributed by atoms with E-state index in [2.05, 4.69) is 53.1 Å². The van der Waals surface area contributed by atoms with Gasteiger partial charge in [-0.3, -0.25) is 9.80 Å². The molecule has 25 heavy (non-hydrogen) atoms. The van der Waals surface area contributed by atoms with E-state index in [4.69, 9.17) is 9.47 Å². The van der Waals surface area contributed by atoms with E-state index < -0.39 is 0 Å². The Balaban J connectivity index is 1.40. The van der Waals surface area contributed by atoms with E-state index in [-0.39, 0.29) is 0 Å². The van der Waals surface area contributed by atoms with E-state index in [1.807, 2.05) is 0 Å². The number of hydrogen-bond acceptors (Lipinski definition) is 5. The number of nitrogens with zero attached hydrogens (tertiary/aromatic N) is 3. The first-order chi connectivity index (χ1) is 12.2. The Labute approximate surface area is 152 Å². The maximum absolute atomic E-state index is 5.90. The Kier molecular flexibility index (Phi) is 7.11. The normalized spacial score (nSPS) is 23.1. The van der Waals surface area contributed by atoms with Crippen LogP contribution in [0.4, 0.5) is 0 Å². The third kappa shape index (κ3) is 5.96. The minimum atomic E-state index is 0.691. The van der Waals surface area contributed by atoms with Crippen molar-refractivity contribution in [2.24, 2.45) is 0 Å². The second-order valence-corrected chi connectivity index (χ2v) is 7.44. The molecule has 2 aliphatic rings. The van der Waals surface area contributed by atoms with Crippen molar-refractivity contribution in [2.75, 3.05) is 66.6 Å². The molecule has 0 unspecified atom stereocenters. The molecule has 0 bridgehead atoms. The fourth-order valence-electron chi connectivity index (χ4n) is 3.66. The standard InChI is InChI=1S/C20H33N3O2/c1-21(2)19-4-3-9-23(17-19)16-18-5-7-20(8-6-18)25-15-12-22-10-13-24-14-11-22/h5-8,19H,3-4,9-17H2,1-2H3/t19-/m0/s1. The number of morpholine rings is 1. The molecule has 0 amide bonds. The summed E-state index contributed by atoms with van der Waals surface area (Å²) in [6.07, 6.45) is 2.62. The molecule has 0 aliphatic carbocycles. The van der Waals surface area contributed by atoms with Gasteiger partial charge in [0.2, 0.25) is 0 Å². The quantitative estimate of drug-likeness (QED) is 0.751. The van der Waals surface area contributed by atoms with Crippen molar-refractivity contribution in [1.82, 2.24) is 14.7 Å². The SMILES string of the molecule is CN(C)[C@H]1CCCN(Cc2ccc(OCCN3CCOCC3)cc2)C1. The Bertz CT molecular complexity index is 500. The zero-order valence-electron chi connectivity index (χ0n) is 15.8. The van der Waals surface area contributed by atoms with Gasteiger partial charge in [-0.25, -0.2) is 0 Å². The van der Waals surface area contributed by atoms with Gasteiger partial charge in [-0.05, 0) is 51.2 Å². The average Bonchev–Trinajstić information content (AvgIpc) is 2.64. The van der Waals surface area contributed by atoms with Crippen LogP contribution in [0, 0.1) is 0 Å². The van der Waals surface area contributed by atoms with Crippen LogP contribution < -0.4 is 4.74 Å². The van der Waals surface area contributed by atoms with Crippen LogP contribution in [0.3, 0.4) is 0 Å². The number of likely N-dealkylation sites (N-methyl/N-ethyl adjacent to an activating group) is 1. The molecular formula is C20H33N3O2. The van der Waals surface area contributed by atoms with Crippen LogP contribution in [-0.2, 0) is 11.3 Å². The van der Waals surface area contributed by atoms with E-state index >= 15 is 0 Å². The molecule has 1 atom stereocenters. The van der Waals surface area contributed by atoms with Crippen molar-refractivity contribution in [3.05, 3.63) is 29.8 Å². The first kappa shape index (κ1) is 18.6. The summed E-state index contributed by atoms with van der Waals surface area (Å²) in [5.41, 5.74) is 1.37. The molecule has 0 aromatic heterocycles. The molecule has 5 heteroatoms. The third-order valence-corrected chi connectivity index (χ3v) is 5.32. The summed E-state index contributed by atoms with van der Waals surface area (Å²) in [7, 11) is 4.38. The molecule has 0 spiro atoms. The Morgan fingerprint density at radius 3 is 2.56 bits per heavy atom. The molecule has 2 aliphatic heterocycles. The van der Waals surface area contributed by atoms with Gasteiger partial charge in [-0.2, -0.15) is 0 Å². The lowest BCUT2D eigenvalue weighted by Gasteiger charge is -2.36. The van der Waals surface area contributed by atoms with Gasteiger partial charge in [0.05, 0.1) is 13.2 Å². The number of piperidine rings is 1. The van der Waals surface area contributed by atoms with Crippen molar-refractivity contribution in [3.8, 4) is 5.75 Å². The summed E-state index contributed by atoms with van der Waals surface area (Å²) in [5.74, 6) is 0.974. The van der Waals surface area contributed by atoms with Crippen molar-refractivity contribution in [1.29, 1.82) is 0 Å². The van der Waals surface area contributed by atoms with Crippen LogP contribution >= 0.6 is 0 Å². The van der Waals surface area contributed by atoms with E-state index in [0.29, 0.717) is 6.04 Å². The van der Waals surface area contributed by atoms with Crippen LogP contribution in [0.2, 0.25) is 0 Å². The van der Waals surface area contributed by atoms with Gasteiger partial charge in [0.15, 0.2) is 0 Å². The fraction of sp³-hybridized carbons (Fsp3) is 0.700. The topological polar surface area (TPSA) is 28.2 Å². The van der Waals surface area contributed by atoms with Crippen molar-refractivity contribution < 1.29 is 9.47 Å². The van der Waals surface area contributed by atoms with Crippen LogP contribution in [0.25, 0.3) is 0 Å². The van der Waals surface area contributed by atoms with E-state index in [0.717, 1.165) is 51.7 Å². The molecule has 1 aromatic rings. The molecule has 0 N–H and O–H groups in total. The van der Waals surface area contributed by atoms with E-state index in [1.165, 1.54) is 31.5 Å². The predicted molar refractivity (Wildman–Crippen MR) is 101 cm³/mol. The first-order valence-electron chi connectivity index (χ1n) is 9.61. The number of likely N-dealkylation sites (tertiary alicyclic amines) is 1. The fourth-order valence-corrected chi connectivity index (χ4v) is 3.66. The number of rotatable bonds is 7. The molecule has 5 nitrogen and oxygen atoms in total. The average molecular weight is 348 g/mol. The molecule has 140 valence electrons. The minimum Gasteiger partial charge on any atom is -0.492 e. The van der Waals surface area contributed by atoms with Gasteiger partial charge >= 0.3 is 0 Å². The highest BCUT2D eigenvalue weighted by molar-refractivity contribution is 5.27. The van der Waals surface area contributed by atoms with Crippen LogP contribution in [-0.4, -0.2) is 87.4 Å². The van der Waals surface area contributed by atoms with Gasteiger partial charge in [0.1, 0.15) is 12.4 Å². The molecule has 1 aromatic carbocycles. The highest BCUT2D eigenvalue weighted by atomic mass is 16.5. The largest absolute Gasteiger partial charge is 0.492 e. The Morgan fingerprint density at radius 1 is 1.08 bits per heavy atom. The molecule has 0 saturated carbocycles. The summed E-state index contributed by atoms with van der Waals surface area (Å²) < 4.78 is 11.3. The maximum atomic E-state index is 5.90. The summed E-state index contributed by atoms with van der Waals surface area (Å²) in [4.78, 5) is 7.33. The van der Waals surface area contributed by atoms with Crippen LogP contribution in [0.15, 0.2) is 24.3 Å². The third-order valence-electron chi connectivity index (χ3n) is 5.32. The monoisotopic (exact) mass is 347 g/mol. The molecule has 3 rings (SSSR count). The number of ether oxygens (including phenoxy) is 2. The second-order valence-electron chi connectivity index (χ2n) is 7.44. The lowest BCUT2D eigenvalue weighted by molar-refractivity contribution is 0.0322. The highest BCUT2D eigenvalue weighted by Crippen LogP contribution is 2.18. The minimum absolute atomic E-state index is 0.691. The molecule has 2 heterocycles.